The molecule has 0 aliphatic heterocycles. The van der Waals surface area contributed by atoms with E-state index < -0.39 is 0 Å². The number of hydrazine groups is 1. The molecule has 3 N–H and O–H groups in total. The zero-order valence-corrected chi connectivity index (χ0v) is 10.9. The van der Waals surface area contributed by atoms with Crippen molar-refractivity contribution in [3.63, 3.8) is 0 Å². The molecule has 0 aromatic heterocycles. The molecule has 0 heterocycles. The molecule has 2 atom stereocenters. The Bertz CT molecular complexity index is 358. The van der Waals surface area contributed by atoms with Crippen molar-refractivity contribution in [2.45, 2.75) is 51.5 Å². The second-order valence-corrected chi connectivity index (χ2v) is 5.29. The van der Waals surface area contributed by atoms with E-state index in [4.69, 9.17) is 5.84 Å². The van der Waals surface area contributed by atoms with Gasteiger partial charge in [0.05, 0.1) is 0 Å². The third-order valence-corrected chi connectivity index (χ3v) is 4.27. The molecule has 1 aromatic carbocycles. The first kappa shape index (κ1) is 12.6. The molecule has 94 valence electrons. The van der Waals surface area contributed by atoms with Crippen molar-refractivity contribution in [2.75, 3.05) is 0 Å². The number of nitrogens with two attached hydrogens (primary N) is 1. The molecule has 1 aromatic rings. The van der Waals surface area contributed by atoms with Gasteiger partial charge in [-0.05, 0) is 35.8 Å². The number of nitrogens with one attached hydrogen (secondary N) is 1. The molecule has 2 unspecified atom stereocenters. The van der Waals surface area contributed by atoms with Crippen LogP contribution in [0.15, 0.2) is 24.3 Å². The molecule has 2 rings (SSSR count). The predicted molar refractivity (Wildman–Crippen MR) is 72.6 cm³/mol. The topological polar surface area (TPSA) is 38.0 Å². The van der Waals surface area contributed by atoms with Crippen LogP contribution in [0.1, 0.15) is 62.6 Å². The molecular formula is C15H24N2. The van der Waals surface area contributed by atoms with Crippen LogP contribution in [0, 0.1) is 5.92 Å². The molecule has 1 aliphatic rings. The second-order valence-electron chi connectivity index (χ2n) is 5.29. The first-order valence-electron chi connectivity index (χ1n) is 6.82. The van der Waals surface area contributed by atoms with Crippen LogP contribution in [0.5, 0.6) is 0 Å². The minimum absolute atomic E-state index is 0.289. The highest BCUT2D eigenvalue weighted by molar-refractivity contribution is 5.34. The van der Waals surface area contributed by atoms with E-state index in [1.165, 1.54) is 30.4 Å². The lowest BCUT2D eigenvalue weighted by atomic mass is 9.76. The Hall–Kier alpha value is -0.860. The van der Waals surface area contributed by atoms with Crippen molar-refractivity contribution >= 4 is 0 Å². The third-order valence-electron chi connectivity index (χ3n) is 4.27. The smallest absolute Gasteiger partial charge is 0.0488 e. The lowest BCUT2D eigenvalue weighted by Gasteiger charge is -2.32. The van der Waals surface area contributed by atoms with Crippen LogP contribution < -0.4 is 11.3 Å². The van der Waals surface area contributed by atoms with Gasteiger partial charge in [-0.15, -0.1) is 0 Å². The highest BCUT2D eigenvalue weighted by Gasteiger charge is 2.26. The van der Waals surface area contributed by atoms with E-state index >= 15 is 0 Å². The summed E-state index contributed by atoms with van der Waals surface area (Å²) in [5.41, 5.74) is 5.94. The molecule has 0 saturated heterocycles. The van der Waals surface area contributed by atoms with Gasteiger partial charge in [0.15, 0.2) is 0 Å². The van der Waals surface area contributed by atoms with Crippen molar-refractivity contribution in [3.8, 4) is 0 Å². The summed E-state index contributed by atoms with van der Waals surface area (Å²) in [6, 6.07) is 9.10. The normalized spacial score (nSPS) is 19.7. The van der Waals surface area contributed by atoms with Crippen LogP contribution in [0.3, 0.4) is 0 Å². The van der Waals surface area contributed by atoms with Crippen LogP contribution in [-0.4, -0.2) is 0 Å². The summed E-state index contributed by atoms with van der Waals surface area (Å²) in [4.78, 5) is 0. The fraction of sp³-hybridized carbons (Fsp3) is 0.600. The Kier molecular flexibility index (Phi) is 4.19. The van der Waals surface area contributed by atoms with Crippen LogP contribution in [0.4, 0.5) is 0 Å². The van der Waals surface area contributed by atoms with Crippen LogP contribution in [0.2, 0.25) is 0 Å². The summed E-state index contributed by atoms with van der Waals surface area (Å²) in [6.07, 6.45) is 5.21. The Morgan fingerprint density at radius 2 is 2.06 bits per heavy atom. The average Bonchev–Trinajstić information content (AvgIpc) is 2.29. The zero-order chi connectivity index (χ0) is 12.3. The van der Waals surface area contributed by atoms with Crippen LogP contribution >= 0.6 is 0 Å². The van der Waals surface area contributed by atoms with Crippen molar-refractivity contribution < 1.29 is 0 Å². The molecule has 1 saturated carbocycles. The van der Waals surface area contributed by atoms with E-state index in [9.17, 15) is 0 Å². The Morgan fingerprint density at radius 3 is 2.59 bits per heavy atom. The van der Waals surface area contributed by atoms with Gasteiger partial charge in [0.1, 0.15) is 0 Å². The largest absolute Gasteiger partial charge is 0.271 e. The number of benzene rings is 1. The monoisotopic (exact) mass is 232 g/mol. The van der Waals surface area contributed by atoms with Crippen LogP contribution in [-0.2, 0) is 0 Å². The van der Waals surface area contributed by atoms with E-state index in [1.54, 1.807) is 0 Å². The molecule has 2 heteroatoms. The third kappa shape index (κ3) is 2.53. The average molecular weight is 232 g/mol. The van der Waals surface area contributed by atoms with Crippen molar-refractivity contribution in [2.24, 2.45) is 11.8 Å². The van der Waals surface area contributed by atoms with E-state index in [2.05, 4.69) is 43.5 Å². The van der Waals surface area contributed by atoms with Gasteiger partial charge in [-0.1, -0.05) is 51.0 Å². The first-order chi connectivity index (χ1) is 8.27. The van der Waals surface area contributed by atoms with Gasteiger partial charge in [-0.2, -0.15) is 0 Å². The summed E-state index contributed by atoms with van der Waals surface area (Å²) < 4.78 is 0. The van der Waals surface area contributed by atoms with Crippen molar-refractivity contribution in [1.29, 1.82) is 0 Å². The van der Waals surface area contributed by atoms with Gasteiger partial charge in [-0.3, -0.25) is 11.3 Å². The number of hydrogen-bond donors (Lipinski definition) is 2. The number of rotatable bonds is 5. The fourth-order valence-electron chi connectivity index (χ4n) is 2.68. The van der Waals surface area contributed by atoms with Gasteiger partial charge < -0.3 is 0 Å². The molecule has 0 spiro atoms. The van der Waals surface area contributed by atoms with Crippen LogP contribution in [0.25, 0.3) is 0 Å². The van der Waals surface area contributed by atoms with Gasteiger partial charge >= 0.3 is 0 Å². The maximum absolute atomic E-state index is 5.76. The molecule has 1 fully saturated rings. The molecule has 17 heavy (non-hydrogen) atoms. The maximum Gasteiger partial charge on any atom is 0.0488 e. The van der Waals surface area contributed by atoms with Gasteiger partial charge in [0, 0.05) is 6.04 Å². The number of hydrogen-bond acceptors (Lipinski definition) is 2. The quantitative estimate of drug-likeness (QED) is 0.602. The van der Waals surface area contributed by atoms with Gasteiger partial charge in [0.25, 0.3) is 0 Å². The van der Waals surface area contributed by atoms with Crippen molar-refractivity contribution in [1.82, 2.24) is 5.43 Å². The zero-order valence-electron chi connectivity index (χ0n) is 10.9. The Labute approximate surface area is 105 Å². The van der Waals surface area contributed by atoms with E-state index in [0.717, 1.165) is 12.3 Å². The van der Waals surface area contributed by atoms with Crippen molar-refractivity contribution in [3.05, 3.63) is 35.4 Å². The minimum Gasteiger partial charge on any atom is -0.271 e. The highest BCUT2D eigenvalue weighted by atomic mass is 15.2. The summed E-state index contributed by atoms with van der Waals surface area (Å²) >= 11 is 0. The highest BCUT2D eigenvalue weighted by Crippen LogP contribution is 2.40. The minimum atomic E-state index is 0.289. The van der Waals surface area contributed by atoms with Gasteiger partial charge in [-0.25, -0.2) is 0 Å². The lowest BCUT2D eigenvalue weighted by Crippen LogP contribution is -2.33. The predicted octanol–water partition coefficient (Wildman–Crippen LogP) is 3.50. The second kappa shape index (κ2) is 5.65. The molecule has 1 aliphatic carbocycles. The fourth-order valence-corrected chi connectivity index (χ4v) is 2.68. The summed E-state index contributed by atoms with van der Waals surface area (Å²) in [5.74, 6) is 7.10. The Balaban J connectivity index is 2.28. The molecule has 0 amide bonds. The van der Waals surface area contributed by atoms with E-state index in [0.29, 0.717) is 5.92 Å². The molecule has 0 bridgehead atoms. The summed E-state index contributed by atoms with van der Waals surface area (Å²) in [6.45, 7) is 4.49. The molecule has 2 nitrogen and oxygen atoms in total. The summed E-state index contributed by atoms with van der Waals surface area (Å²) in [5, 5.41) is 0. The first-order valence-corrected chi connectivity index (χ1v) is 6.82. The molecule has 0 radical (unpaired) electrons. The summed E-state index contributed by atoms with van der Waals surface area (Å²) in [7, 11) is 0. The van der Waals surface area contributed by atoms with Gasteiger partial charge in [0.2, 0.25) is 0 Å². The molecular weight excluding hydrogens is 208 g/mol. The van der Waals surface area contributed by atoms with E-state index in [-0.39, 0.29) is 6.04 Å². The van der Waals surface area contributed by atoms with E-state index in [1.807, 2.05) is 0 Å². The lowest BCUT2D eigenvalue weighted by molar-refractivity contribution is 0.366. The Morgan fingerprint density at radius 1 is 1.35 bits per heavy atom. The maximum atomic E-state index is 5.76. The standard InChI is InChI=1S/C15H24N2/c1-3-11(2)15(17-16)14-10-5-4-9-13(14)12-7-6-8-12/h4-5,9-12,15,17H,3,6-8,16H2,1-2H3. The SMILES string of the molecule is CCC(C)C(NN)c1ccccc1C1CCC1.